The van der Waals surface area contributed by atoms with Crippen molar-refractivity contribution in [3.05, 3.63) is 89.7 Å². The van der Waals surface area contributed by atoms with Crippen LogP contribution in [0.3, 0.4) is 0 Å². The Morgan fingerprint density at radius 1 is 0.951 bits per heavy atom. The average molecular weight is 669 g/mol. The number of fused-ring (bicyclic) bond motifs is 1. The van der Waals surface area contributed by atoms with E-state index in [1.54, 1.807) is 31.4 Å². The van der Waals surface area contributed by atoms with E-state index in [9.17, 15) is 21.4 Å². The Hall–Kier alpha value is -3.27. The van der Waals surface area contributed by atoms with E-state index in [1.165, 1.54) is 25.3 Å². The summed E-state index contributed by atoms with van der Waals surface area (Å²) < 4.78 is 76.7. The number of hydrogen-bond acceptors (Lipinski definition) is 9. The van der Waals surface area contributed by atoms with Crippen LogP contribution < -0.4 is 14.6 Å². The standard InChI is InChI=1S/C21H26N3O5S.C6H5BrO3S/c1-16(22-17-7-5-4-6-8-17)21-24(11-12-27-2)19-15-18(9-10-20(19)29-21)23-30(25,26)14-13-28-3;7-5-3-1-2-4-6(5)11(8,9)10/h4-10,15,22-23H,1,11-14H2,2-3H3;1-4H,(H,8,9,10)/q+1;/p-1. The highest BCUT2D eigenvalue weighted by molar-refractivity contribution is 9.10. The Balaban J connectivity index is 0.000000352. The quantitative estimate of drug-likeness (QED) is 0.167. The van der Waals surface area contributed by atoms with Crippen molar-refractivity contribution in [1.29, 1.82) is 0 Å². The number of hydrogen-bond donors (Lipinski definition) is 2. The molecule has 1 aromatic heterocycles. The number of oxazole rings is 1. The van der Waals surface area contributed by atoms with E-state index in [2.05, 4.69) is 32.5 Å². The molecule has 0 bridgehead atoms. The minimum Gasteiger partial charge on any atom is -0.744 e. The van der Waals surface area contributed by atoms with E-state index in [0.717, 1.165) is 11.2 Å². The number of para-hydroxylation sites is 1. The molecule has 4 aromatic rings. The molecule has 0 radical (unpaired) electrons. The number of anilines is 2. The molecule has 0 saturated carbocycles. The second-order valence-electron chi connectivity index (χ2n) is 8.50. The molecule has 0 atom stereocenters. The van der Waals surface area contributed by atoms with Crippen LogP contribution in [0.2, 0.25) is 0 Å². The normalized spacial score (nSPS) is 11.5. The van der Waals surface area contributed by atoms with Gasteiger partial charge in [-0.05, 0) is 52.3 Å². The Labute approximate surface area is 247 Å². The maximum atomic E-state index is 12.2. The summed E-state index contributed by atoms with van der Waals surface area (Å²) in [5, 5.41) is 3.24. The highest BCUT2D eigenvalue weighted by Gasteiger charge is 2.26. The number of nitrogens with one attached hydrogen (secondary N) is 2. The molecule has 1 heterocycles. The molecule has 3 aromatic carbocycles. The molecule has 14 heteroatoms. The molecule has 0 amide bonds. The predicted octanol–water partition coefficient (Wildman–Crippen LogP) is 4.19. The van der Waals surface area contributed by atoms with Gasteiger partial charge in [0.25, 0.3) is 5.52 Å². The highest BCUT2D eigenvalue weighted by Crippen LogP contribution is 2.24. The zero-order chi connectivity index (χ0) is 30.0. The Morgan fingerprint density at radius 3 is 2.22 bits per heavy atom. The van der Waals surface area contributed by atoms with Crippen molar-refractivity contribution < 1.29 is 39.8 Å². The van der Waals surface area contributed by atoms with Crippen LogP contribution in [0.4, 0.5) is 11.4 Å². The van der Waals surface area contributed by atoms with Gasteiger partial charge in [0.2, 0.25) is 15.6 Å². The number of methoxy groups -OCH3 is 2. The van der Waals surface area contributed by atoms with Crippen LogP contribution in [0.15, 0.2) is 93.2 Å². The SMILES string of the molecule is C=C(Nc1ccccc1)c1oc2ccc(NS(=O)(=O)CCOC)cc2[n+]1CCOC.O=S(=O)([O-])c1ccccc1Br. The van der Waals surface area contributed by atoms with Gasteiger partial charge in [0, 0.05) is 30.4 Å². The monoisotopic (exact) mass is 667 g/mol. The first-order valence-electron chi connectivity index (χ1n) is 12.1. The molecule has 41 heavy (non-hydrogen) atoms. The van der Waals surface area contributed by atoms with E-state index in [1.807, 2.05) is 34.9 Å². The Kier molecular flexibility index (Phi) is 11.5. The number of aromatic nitrogens is 1. The second kappa shape index (κ2) is 14.6. The van der Waals surface area contributed by atoms with Gasteiger partial charge in [-0.3, -0.25) is 4.72 Å². The number of sulfonamides is 1. The van der Waals surface area contributed by atoms with Gasteiger partial charge >= 0.3 is 5.89 Å². The summed E-state index contributed by atoms with van der Waals surface area (Å²) >= 11 is 2.95. The van der Waals surface area contributed by atoms with Crippen molar-refractivity contribution in [1.82, 2.24) is 0 Å². The van der Waals surface area contributed by atoms with Crippen LogP contribution in [-0.4, -0.2) is 54.6 Å². The summed E-state index contributed by atoms with van der Waals surface area (Å²) in [6.07, 6.45) is 0. The molecule has 0 aliphatic heterocycles. The molecule has 0 aliphatic rings. The van der Waals surface area contributed by atoms with E-state index < -0.39 is 20.1 Å². The van der Waals surface area contributed by atoms with Gasteiger partial charge < -0.3 is 23.8 Å². The molecule has 0 spiro atoms. The van der Waals surface area contributed by atoms with Crippen LogP contribution in [0.5, 0.6) is 0 Å². The third-order valence-electron chi connectivity index (χ3n) is 5.48. The molecular weight excluding hydrogens is 638 g/mol. The zero-order valence-corrected chi connectivity index (χ0v) is 25.6. The minimum absolute atomic E-state index is 0.117. The number of benzene rings is 3. The van der Waals surface area contributed by atoms with Gasteiger partial charge in [0.1, 0.15) is 22.4 Å². The number of halogens is 1. The summed E-state index contributed by atoms with van der Waals surface area (Å²) in [5.74, 6) is 0.407. The summed E-state index contributed by atoms with van der Waals surface area (Å²) in [6, 6.07) is 20.7. The summed E-state index contributed by atoms with van der Waals surface area (Å²) in [4.78, 5) is -0.222. The van der Waals surface area contributed by atoms with E-state index >= 15 is 0 Å². The van der Waals surface area contributed by atoms with Gasteiger partial charge in [0.15, 0.2) is 6.54 Å². The first kappa shape index (κ1) is 32.2. The molecule has 2 N–H and O–H groups in total. The van der Waals surface area contributed by atoms with Crippen molar-refractivity contribution in [2.24, 2.45) is 0 Å². The van der Waals surface area contributed by atoms with Crippen LogP contribution >= 0.6 is 15.9 Å². The predicted molar refractivity (Wildman–Crippen MR) is 159 cm³/mol. The zero-order valence-electron chi connectivity index (χ0n) is 22.4. The average Bonchev–Trinajstić information content (AvgIpc) is 3.29. The van der Waals surface area contributed by atoms with Gasteiger partial charge in [-0.1, -0.05) is 36.9 Å². The number of ether oxygens (including phenoxy) is 2. The molecular formula is C27H30BrN3O8S2. The van der Waals surface area contributed by atoms with Crippen molar-refractivity contribution in [2.75, 3.05) is 43.2 Å². The number of nitrogens with zero attached hydrogens (tertiary/aromatic N) is 1. The van der Waals surface area contributed by atoms with Crippen molar-refractivity contribution in [2.45, 2.75) is 11.4 Å². The number of rotatable bonds is 12. The maximum absolute atomic E-state index is 12.2. The third-order valence-corrected chi connectivity index (χ3v) is 8.58. The minimum atomic E-state index is -4.33. The topological polar surface area (TPSA) is 151 Å². The summed E-state index contributed by atoms with van der Waals surface area (Å²) in [6.45, 7) is 5.19. The van der Waals surface area contributed by atoms with E-state index in [-0.39, 0.29) is 17.3 Å². The smallest absolute Gasteiger partial charge is 0.397 e. The summed E-state index contributed by atoms with van der Waals surface area (Å²) in [7, 11) is -4.76. The lowest BCUT2D eigenvalue weighted by molar-refractivity contribution is -0.680. The molecule has 0 fully saturated rings. The fourth-order valence-electron chi connectivity index (χ4n) is 3.60. The van der Waals surface area contributed by atoms with Crippen molar-refractivity contribution in [3.8, 4) is 0 Å². The van der Waals surface area contributed by atoms with Crippen LogP contribution in [0.1, 0.15) is 5.89 Å². The van der Waals surface area contributed by atoms with E-state index in [0.29, 0.717) is 40.5 Å². The Bertz CT molecular complexity index is 1690. The molecule has 0 saturated heterocycles. The fourth-order valence-corrected chi connectivity index (χ4v) is 6.00. The second-order valence-corrected chi connectivity index (χ2v) is 12.5. The Morgan fingerprint density at radius 2 is 1.61 bits per heavy atom. The van der Waals surface area contributed by atoms with E-state index in [4.69, 9.17) is 13.9 Å². The molecule has 11 nitrogen and oxygen atoms in total. The first-order chi connectivity index (χ1) is 19.4. The largest absolute Gasteiger partial charge is 0.744 e. The first-order valence-corrected chi connectivity index (χ1v) is 16.0. The third kappa shape index (κ3) is 9.38. The lowest BCUT2D eigenvalue weighted by Crippen LogP contribution is -2.39. The molecule has 0 aliphatic carbocycles. The highest BCUT2D eigenvalue weighted by atomic mass is 79.9. The van der Waals surface area contributed by atoms with Gasteiger partial charge in [-0.25, -0.2) is 16.8 Å². The lowest BCUT2D eigenvalue weighted by Gasteiger charge is -2.07. The van der Waals surface area contributed by atoms with Crippen molar-refractivity contribution >= 4 is 64.2 Å². The molecule has 220 valence electrons. The fraction of sp³-hybridized carbons (Fsp3) is 0.222. The van der Waals surface area contributed by atoms with Gasteiger partial charge in [-0.2, -0.15) is 4.57 Å². The van der Waals surface area contributed by atoms with Crippen molar-refractivity contribution in [3.63, 3.8) is 0 Å². The van der Waals surface area contributed by atoms with Crippen LogP contribution in [-0.2, 0) is 36.2 Å². The van der Waals surface area contributed by atoms with Crippen LogP contribution in [0, 0.1) is 0 Å². The molecule has 0 unspecified atom stereocenters. The van der Waals surface area contributed by atoms with Crippen LogP contribution in [0.25, 0.3) is 16.8 Å². The van der Waals surface area contributed by atoms with Gasteiger partial charge in [-0.15, -0.1) is 0 Å². The molecule has 4 rings (SSSR count). The van der Waals surface area contributed by atoms with Gasteiger partial charge in [0.05, 0.1) is 22.9 Å². The maximum Gasteiger partial charge on any atom is 0.397 e. The summed E-state index contributed by atoms with van der Waals surface area (Å²) in [5.41, 5.74) is 3.24. The lowest BCUT2D eigenvalue weighted by atomic mass is 10.3.